The number of nitrogens with zero attached hydrogens (tertiary/aromatic N) is 1. The van der Waals surface area contributed by atoms with Crippen LogP contribution < -0.4 is 15.4 Å². The first-order chi connectivity index (χ1) is 8.86. The van der Waals surface area contributed by atoms with Crippen molar-refractivity contribution in [3.8, 4) is 5.75 Å². The topological polar surface area (TPSA) is 75.8 Å². The normalized spacial score (nSPS) is 18.8. The van der Waals surface area contributed by atoms with E-state index in [2.05, 4.69) is 0 Å². The lowest BCUT2D eigenvalue weighted by Crippen LogP contribution is -2.53. The highest BCUT2D eigenvalue weighted by Gasteiger charge is 2.40. The number of hydrogen-bond acceptors (Lipinski definition) is 4. The fourth-order valence-corrected chi connectivity index (χ4v) is 2.19. The van der Waals surface area contributed by atoms with Gasteiger partial charge in [0, 0.05) is 12.6 Å². The number of aliphatic hydroxyl groups excluding tert-OH is 1. The third-order valence-electron chi connectivity index (χ3n) is 3.25. The minimum Gasteiger partial charge on any atom is -0.476 e. The van der Waals surface area contributed by atoms with Crippen LogP contribution in [-0.4, -0.2) is 29.8 Å². The van der Waals surface area contributed by atoms with Crippen LogP contribution in [0.25, 0.3) is 0 Å². The van der Waals surface area contributed by atoms with E-state index in [1.54, 1.807) is 18.7 Å². The zero-order valence-electron chi connectivity index (χ0n) is 11.5. The van der Waals surface area contributed by atoms with Gasteiger partial charge in [-0.25, -0.2) is 0 Å². The maximum absolute atomic E-state index is 12.3. The minimum absolute atomic E-state index is 0.0936. The summed E-state index contributed by atoms with van der Waals surface area (Å²) in [6.07, 6.45) is 0. The molecule has 1 aliphatic heterocycles. The first-order valence-electron chi connectivity index (χ1n) is 6.38. The summed E-state index contributed by atoms with van der Waals surface area (Å²) in [6.45, 7) is 5.49. The van der Waals surface area contributed by atoms with Crippen molar-refractivity contribution >= 4 is 11.6 Å². The Morgan fingerprint density at radius 1 is 1.47 bits per heavy atom. The fraction of sp³-hybridized carbons (Fsp3) is 0.500. The van der Waals surface area contributed by atoms with Gasteiger partial charge >= 0.3 is 0 Å². The number of amides is 1. The smallest absolute Gasteiger partial charge is 0.270 e. The number of fused-ring (bicyclic) bond motifs is 1. The molecule has 3 N–H and O–H groups in total. The van der Waals surface area contributed by atoms with E-state index in [-0.39, 0.29) is 25.1 Å². The number of carbonyl (C=O) groups excluding carboxylic acids is 1. The Bertz CT molecular complexity index is 497. The van der Waals surface area contributed by atoms with Gasteiger partial charge < -0.3 is 20.5 Å². The van der Waals surface area contributed by atoms with Crippen molar-refractivity contribution in [3.63, 3.8) is 0 Å². The molecular formula is C14H20N2O3. The first kappa shape index (κ1) is 13.8. The Morgan fingerprint density at radius 2 is 2.16 bits per heavy atom. The summed E-state index contributed by atoms with van der Waals surface area (Å²) in [5.41, 5.74) is 6.54. The van der Waals surface area contributed by atoms with E-state index in [0.29, 0.717) is 11.4 Å². The van der Waals surface area contributed by atoms with Crippen LogP contribution in [0.5, 0.6) is 5.75 Å². The molecule has 1 unspecified atom stereocenters. The number of anilines is 1. The van der Waals surface area contributed by atoms with Crippen LogP contribution in [0.3, 0.4) is 0 Å². The van der Waals surface area contributed by atoms with Gasteiger partial charge in [0.25, 0.3) is 5.91 Å². The number of benzene rings is 1. The predicted molar refractivity (Wildman–Crippen MR) is 73.2 cm³/mol. The molecule has 0 fully saturated rings. The van der Waals surface area contributed by atoms with Gasteiger partial charge in [0.2, 0.25) is 0 Å². The Morgan fingerprint density at radius 3 is 2.74 bits per heavy atom. The van der Waals surface area contributed by atoms with E-state index >= 15 is 0 Å². The molecule has 1 aliphatic rings. The van der Waals surface area contributed by atoms with Crippen molar-refractivity contribution in [2.45, 2.75) is 32.4 Å². The summed E-state index contributed by atoms with van der Waals surface area (Å²) >= 11 is 0. The van der Waals surface area contributed by atoms with E-state index in [4.69, 9.17) is 15.6 Å². The minimum atomic E-state index is -0.919. The third kappa shape index (κ3) is 2.43. The van der Waals surface area contributed by atoms with Gasteiger partial charge in [-0.3, -0.25) is 4.79 Å². The lowest BCUT2D eigenvalue weighted by molar-refractivity contribution is -0.132. The second-order valence-corrected chi connectivity index (χ2v) is 5.31. The molecule has 19 heavy (non-hydrogen) atoms. The summed E-state index contributed by atoms with van der Waals surface area (Å²) in [6, 6.07) is 5.45. The van der Waals surface area contributed by atoms with Gasteiger partial charge in [0.1, 0.15) is 5.75 Å². The standard InChI is InChI=1S/C14H20N2O3/c1-9(15)10-4-5-12-11(8-10)16(6-7-17)13(18)14(2,3)19-12/h4-5,8-9,17H,6-7,15H2,1-3H3. The molecule has 0 bridgehead atoms. The number of aliphatic hydroxyl groups is 1. The van der Waals surface area contributed by atoms with E-state index in [1.165, 1.54) is 0 Å². The summed E-state index contributed by atoms with van der Waals surface area (Å²) in [5.74, 6) is 0.485. The molecule has 5 heteroatoms. The summed E-state index contributed by atoms with van der Waals surface area (Å²) in [7, 11) is 0. The number of ether oxygens (including phenoxy) is 1. The summed E-state index contributed by atoms with van der Waals surface area (Å²) in [5, 5.41) is 9.15. The average molecular weight is 264 g/mol. The average Bonchev–Trinajstić information content (AvgIpc) is 2.34. The van der Waals surface area contributed by atoms with Gasteiger partial charge in [0.05, 0.1) is 12.3 Å². The molecule has 5 nitrogen and oxygen atoms in total. The van der Waals surface area contributed by atoms with E-state index in [9.17, 15) is 4.79 Å². The lowest BCUT2D eigenvalue weighted by Gasteiger charge is -2.38. The van der Waals surface area contributed by atoms with Crippen LogP contribution in [0, 0.1) is 0 Å². The number of hydrogen-bond donors (Lipinski definition) is 2. The van der Waals surface area contributed by atoms with Crippen molar-refractivity contribution in [2.75, 3.05) is 18.1 Å². The molecule has 1 aromatic carbocycles. The Balaban J connectivity index is 2.50. The number of nitrogens with two attached hydrogens (primary N) is 1. The second-order valence-electron chi connectivity index (χ2n) is 5.31. The summed E-state index contributed by atoms with van der Waals surface area (Å²) < 4.78 is 5.73. The van der Waals surface area contributed by atoms with Gasteiger partial charge in [-0.05, 0) is 38.5 Å². The molecule has 2 rings (SSSR count). The first-order valence-corrected chi connectivity index (χ1v) is 6.38. The molecule has 0 aromatic heterocycles. The van der Waals surface area contributed by atoms with Crippen molar-refractivity contribution < 1.29 is 14.6 Å². The SMILES string of the molecule is CC(N)c1ccc2c(c1)N(CCO)C(=O)C(C)(C)O2. The molecular weight excluding hydrogens is 244 g/mol. The Hall–Kier alpha value is -1.59. The van der Waals surface area contributed by atoms with Gasteiger partial charge in [0.15, 0.2) is 5.60 Å². The quantitative estimate of drug-likeness (QED) is 0.860. The van der Waals surface area contributed by atoms with Crippen molar-refractivity contribution in [3.05, 3.63) is 23.8 Å². The van der Waals surface area contributed by atoms with Crippen LogP contribution in [0.2, 0.25) is 0 Å². The highest BCUT2D eigenvalue weighted by molar-refractivity contribution is 6.02. The molecule has 0 saturated heterocycles. The van der Waals surface area contributed by atoms with Crippen LogP contribution in [0.15, 0.2) is 18.2 Å². The Kier molecular flexibility index (Phi) is 3.52. The van der Waals surface area contributed by atoms with E-state index < -0.39 is 5.60 Å². The van der Waals surface area contributed by atoms with Crippen molar-refractivity contribution in [1.82, 2.24) is 0 Å². The third-order valence-corrected chi connectivity index (χ3v) is 3.25. The Labute approximate surface area is 113 Å². The second kappa shape index (κ2) is 4.83. The molecule has 1 heterocycles. The largest absolute Gasteiger partial charge is 0.476 e. The molecule has 1 atom stereocenters. The highest BCUT2D eigenvalue weighted by Crippen LogP contribution is 2.38. The van der Waals surface area contributed by atoms with Crippen LogP contribution >= 0.6 is 0 Å². The molecule has 0 aliphatic carbocycles. The van der Waals surface area contributed by atoms with Crippen molar-refractivity contribution in [2.24, 2.45) is 5.73 Å². The number of β-amino-alcohol motifs (C(OH)–C–C–N with tert-alkyl or cyclic N) is 1. The molecule has 104 valence electrons. The fourth-order valence-electron chi connectivity index (χ4n) is 2.19. The van der Waals surface area contributed by atoms with E-state index in [0.717, 1.165) is 5.56 Å². The molecule has 0 spiro atoms. The van der Waals surface area contributed by atoms with Crippen LogP contribution in [0.4, 0.5) is 5.69 Å². The molecule has 0 radical (unpaired) electrons. The predicted octanol–water partition coefficient (Wildman–Crippen LogP) is 1.20. The zero-order valence-corrected chi connectivity index (χ0v) is 11.5. The van der Waals surface area contributed by atoms with E-state index in [1.807, 2.05) is 25.1 Å². The maximum atomic E-state index is 12.3. The van der Waals surface area contributed by atoms with Crippen LogP contribution in [0.1, 0.15) is 32.4 Å². The van der Waals surface area contributed by atoms with Gasteiger partial charge in [-0.1, -0.05) is 6.07 Å². The van der Waals surface area contributed by atoms with Crippen molar-refractivity contribution in [1.29, 1.82) is 0 Å². The van der Waals surface area contributed by atoms with Crippen LogP contribution in [-0.2, 0) is 4.79 Å². The maximum Gasteiger partial charge on any atom is 0.270 e. The van der Waals surface area contributed by atoms with Gasteiger partial charge in [-0.2, -0.15) is 0 Å². The number of rotatable bonds is 3. The van der Waals surface area contributed by atoms with Gasteiger partial charge in [-0.15, -0.1) is 0 Å². The molecule has 0 saturated carbocycles. The number of carbonyl (C=O) groups is 1. The highest BCUT2D eigenvalue weighted by atomic mass is 16.5. The zero-order chi connectivity index (χ0) is 14.2. The molecule has 1 amide bonds. The molecule has 1 aromatic rings. The monoisotopic (exact) mass is 264 g/mol. The summed E-state index contributed by atoms with van der Waals surface area (Å²) in [4.78, 5) is 13.9. The lowest BCUT2D eigenvalue weighted by atomic mass is 10.0.